The molecule has 1 aromatic heterocycles. The molecule has 0 spiro atoms. The van der Waals surface area contributed by atoms with Gasteiger partial charge in [-0.25, -0.2) is 13.8 Å². The number of piperazine rings is 1. The molecule has 1 N–H and O–H groups in total. The molecule has 38 heavy (non-hydrogen) atoms. The van der Waals surface area contributed by atoms with Gasteiger partial charge in [-0.15, -0.1) is 0 Å². The van der Waals surface area contributed by atoms with Crippen molar-refractivity contribution in [3.63, 3.8) is 0 Å². The number of aromatic nitrogens is 2. The molecule has 0 unspecified atom stereocenters. The Morgan fingerprint density at radius 2 is 1.66 bits per heavy atom. The van der Waals surface area contributed by atoms with Gasteiger partial charge >= 0.3 is 0 Å². The highest BCUT2D eigenvalue weighted by Crippen LogP contribution is 2.40. The number of likely N-dealkylation sites (N-methyl/N-ethyl adjacent to an activating group) is 1. The van der Waals surface area contributed by atoms with Crippen LogP contribution < -0.4 is 14.8 Å². The summed E-state index contributed by atoms with van der Waals surface area (Å²) in [6.07, 6.45) is 5.34. The molecule has 0 saturated carbocycles. The van der Waals surface area contributed by atoms with Crippen molar-refractivity contribution < 1.29 is 23.0 Å². The van der Waals surface area contributed by atoms with Crippen molar-refractivity contribution in [3.8, 4) is 22.6 Å². The molecular weight excluding hydrogens is 494 g/mol. The number of aliphatic imine (C=N–C) groups is 1. The highest BCUT2D eigenvalue weighted by atomic mass is 19.1. The SMILES string of the molecule is COc1cc(OC)c(F)c(-c2ccc(C(=O)NC3=NC(CN4CCN(C)CC4)=CC3)c3nccnc23)c1F. The maximum absolute atomic E-state index is 15.2. The first-order valence-corrected chi connectivity index (χ1v) is 12.2. The summed E-state index contributed by atoms with van der Waals surface area (Å²) in [6.45, 7) is 4.71. The second-order valence-electron chi connectivity index (χ2n) is 9.19. The van der Waals surface area contributed by atoms with Crippen LogP contribution in [0.4, 0.5) is 8.78 Å². The molecule has 3 heterocycles. The first-order chi connectivity index (χ1) is 18.4. The van der Waals surface area contributed by atoms with E-state index >= 15 is 8.78 Å². The second-order valence-corrected chi connectivity index (χ2v) is 9.19. The van der Waals surface area contributed by atoms with Gasteiger partial charge in [-0.2, -0.15) is 0 Å². The van der Waals surface area contributed by atoms with E-state index in [0.717, 1.165) is 44.5 Å². The van der Waals surface area contributed by atoms with E-state index in [1.54, 1.807) is 0 Å². The fraction of sp³-hybridized carbons (Fsp3) is 0.333. The lowest BCUT2D eigenvalue weighted by Crippen LogP contribution is -2.44. The molecule has 0 bridgehead atoms. The number of fused-ring (bicyclic) bond motifs is 1. The molecule has 0 radical (unpaired) electrons. The number of nitrogens with one attached hydrogen (secondary N) is 1. The molecule has 2 aromatic carbocycles. The molecule has 9 nitrogen and oxygen atoms in total. The Bertz CT molecular complexity index is 1420. The Hall–Kier alpha value is -3.96. The van der Waals surface area contributed by atoms with Crippen molar-refractivity contribution >= 4 is 22.8 Å². The van der Waals surface area contributed by atoms with Gasteiger partial charge in [0.25, 0.3) is 5.91 Å². The number of rotatable bonds is 6. The zero-order valence-corrected chi connectivity index (χ0v) is 21.4. The zero-order valence-electron chi connectivity index (χ0n) is 21.4. The predicted octanol–water partition coefficient (Wildman–Crippen LogP) is 3.26. The van der Waals surface area contributed by atoms with Crippen molar-refractivity contribution in [3.05, 3.63) is 59.6 Å². The van der Waals surface area contributed by atoms with E-state index in [4.69, 9.17) is 9.47 Å². The van der Waals surface area contributed by atoms with Crippen LogP contribution in [0, 0.1) is 11.6 Å². The van der Waals surface area contributed by atoms with Gasteiger partial charge in [0.05, 0.1) is 36.6 Å². The lowest BCUT2D eigenvalue weighted by molar-refractivity contribution is 0.0978. The van der Waals surface area contributed by atoms with Gasteiger partial charge in [0.15, 0.2) is 23.1 Å². The predicted molar refractivity (Wildman–Crippen MR) is 140 cm³/mol. The molecule has 5 rings (SSSR count). The lowest BCUT2D eigenvalue weighted by Gasteiger charge is -2.32. The average molecular weight is 523 g/mol. The lowest BCUT2D eigenvalue weighted by atomic mass is 9.98. The third-order valence-electron chi connectivity index (χ3n) is 6.76. The number of hydrogen-bond donors (Lipinski definition) is 1. The molecule has 0 aliphatic carbocycles. The van der Waals surface area contributed by atoms with Crippen molar-refractivity contribution in [2.45, 2.75) is 6.42 Å². The van der Waals surface area contributed by atoms with Crippen molar-refractivity contribution in [2.75, 3.05) is 54.0 Å². The van der Waals surface area contributed by atoms with E-state index < -0.39 is 17.5 Å². The molecule has 2 aliphatic heterocycles. The molecule has 2 aliphatic rings. The van der Waals surface area contributed by atoms with Gasteiger partial charge < -0.3 is 19.7 Å². The molecule has 0 atom stereocenters. The molecule has 3 aromatic rings. The van der Waals surface area contributed by atoms with Crippen LogP contribution in [-0.2, 0) is 0 Å². The monoisotopic (exact) mass is 522 g/mol. The van der Waals surface area contributed by atoms with E-state index in [1.807, 2.05) is 6.08 Å². The summed E-state index contributed by atoms with van der Waals surface area (Å²) < 4.78 is 40.6. The van der Waals surface area contributed by atoms with E-state index in [1.165, 1.54) is 38.7 Å². The van der Waals surface area contributed by atoms with E-state index in [0.29, 0.717) is 12.3 Å². The Balaban J connectivity index is 1.42. The quantitative estimate of drug-likeness (QED) is 0.531. The summed E-state index contributed by atoms with van der Waals surface area (Å²) in [5, 5.41) is 2.86. The Morgan fingerprint density at radius 1 is 1.00 bits per heavy atom. The standard InChI is InChI=1S/C27H28F2N6O3/c1-34-10-12-35(13-11-34)15-16-4-7-21(32-16)33-27(36)18-6-5-17(25-26(18)31-9-8-30-25)22-23(28)19(37-2)14-20(38-3)24(22)29/h4-6,8-9,14H,7,10-13,15H2,1-3H3,(H,32,33,36). The first kappa shape index (κ1) is 25.7. The fourth-order valence-corrected chi connectivity index (χ4v) is 4.66. The number of carbonyl (C=O) groups excluding carboxylic acids is 1. The van der Waals surface area contributed by atoms with Gasteiger partial charge in [0, 0.05) is 63.2 Å². The number of nitrogens with zero attached hydrogens (tertiary/aromatic N) is 5. The average Bonchev–Trinajstić information content (AvgIpc) is 3.36. The van der Waals surface area contributed by atoms with Gasteiger partial charge in [-0.05, 0) is 13.1 Å². The Kier molecular flexibility index (Phi) is 7.30. The molecule has 198 valence electrons. The number of ether oxygens (including phenoxy) is 2. The van der Waals surface area contributed by atoms with Crippen molar-refractivity contribution in [1.82, 2.24) is 25.1 Å². The number of hydrogen-bond acceptors (Lipinski definition) is 8. The number of amidine groups is 1. The van der Waals surface area contributed by atoms with Crippen LogP contribution in [0.5, 0.6) is 11.5 Å². The van der Waals surface area contributed by atoms with Crippen LogP contribution in [0.25, 0.3) is 22.2 Å². The summed E-state index contributed by atoms with van der Waals surface area (Å²) in [5.41, 5.74) is 1.23. The number of carbonyl (C=O) groups is 1. The largest absolute Gasteiger partial charge is 0.494 e. The number of benzene rings is 2. The maximum Gasteiger partial charge on any atom is 0.258 e. The van der Waals surface area contributed by atoms with Crippen LogP contribution in [-0.4, -0.2) is 85.5 Å². The topological polar surface area (TPSA) is 92.2 Å². The Labute approximate surface area is 218 Å². The van der Waals surface area contributed by atoms with E-state index in [-0.39, 0.29) is 39.2 Å². The van der Waals surface area contributed by atoms with Gasteiger partial charge in [0.1, 0.15) is 11.4 Å². The summed E-state index contributed by atoms with van der Waals surface area (Å²) in [6, 6.07) is 4.05. The minimum atomic E-state index is -0.908. The number of halogens is 2. The number of methoxy groups -OCH3 is 2. The third-order valence-corrected chi connectivity index (χ3v) is 6.76. The highest BCUT2D eigenvalue weighted by molar-refractivity contribution is 6.14. The van der Waals surface area contributed by atoms with Crippen molar-refractivity contribution in [1.29, 1.82) is 0 Å². The smallest absolute Gasteiger partial charge is 0.258 e. The van der Waals surface area contributed by atoms with Crippen LogP contribution in [0.1, 0.15) is 16.8 Å². The highest BCUT2D eigenvalue weighted by Gasteiger charge is 2.26. The van der Waals surface area contributed by atoms with Crippen LogP contribution >= 0.6 is 0 Å². The molecule has 1 saturated heterocycles. The van der Waals surface area contributed by atoms with Gasteiger partial charge in [-0.1, -0.05) is 12.1 Å². The van der Waals surface area contributed by atoms with Crippen molar-refractivity contribution in [2.24, 2.45) is 4.99 Å². The van der Waals surface area contributed by atoms with Crippen LogP contribution in [0.15, 0.2) is 47.4 Å². The normalized spacial score (nSPS) is 16.3. The third kappa shape index (κ3) is 4.94. The van der Waals surface area contributed by atoms with Crippen LogP contribution in [0.3, 0.4) is 0 Å². The van der Waals surface area contributed by atoms with Gasteiger partial charge in [0.2, 0.25) is 0 Å². The summed E-state index contributed by atoms with van der Waals surface area (Å²) in [4.78, 5) is 31.1. The molecule has 1 fully saturated rings. The zero-order chi connectivity index (χ0) is 26.8. The molecular formula is C27H28F2N6O3. The minimum absolute atomic E-state index is 0.117. The van der Waals surface area contributed by atoms with E-state index in [2.05, 4.69) is 37.1 Å². The van der Waals surface area contributed by atoms with Crippen LogP contribution in [0.2, 0.25) is 0 Å². The summed E-state index contributed by atoms with van der Waals surface area (Å²) >= 11 is 0. The number of amides is 1. The fourth-order valence-electron chi connectivity index (χ4n) is 4.66. The Morgan fingerprint density at radius 3 is 2.32 bits per heavy atom. The first-order valence-electron chi connectivity index (χ1n) is 12.2. The second kappa shape index (κ2) is 10.8. The molecule has 11 heteroatoms. The summed E-state index contributed by atoms with van der Waals surface area (Å²) in [7, 11) is 4.67. The summed E-state index contributed by atoms with van der Waals surface area (Å²) in [5.74, 6) is -2.08. The van der Waals surface area contributed by atoms with Gasteiger partial charge in [-0.3, -0.25) is 19.7 Å². The maximum atomic E-state index is 15.2. The van der Waals surface area contributed by atoms with E-state index in [9.17, 15) is 4.79 Å². The molecule has 1 amide bonds. The minimum Gasteiger partial charge on any atom is -0.494 e.